The summed E-state index contributed by atoms with van der Waals surface area (Å²) in [6.45, 7) is 5.57. The molecule has 1 aliphatic rings. The number of unbranched alkanes of at least 4 members (excludes halogenated alkanes) is 2. The van der Waals surface area contributed by atoms with E-state index < -0.39 is 0 Å². The fraction of sp³-hybridized carbons (Fsp3) is 0.600. The van der Waals surface area contributed by atoms with Crippen LogP contribution in [-0.4, -0.2) is 6.54 Å². The molecule has 1 aliphatic heterocycles. The van der Waals surface area contributed by atoms with Gasteiger partial charge < -0.3 is 5.32 Å². The maximum absolute atomic E-state index is 6.22. The summed E-state index contributed by atoms with van der Waals surface area (Å²) in [4.78, 5) is 0. The molecule has 1 N–H and O–H groups in total. The molecular formula is C15H21Cl2N. The van der Waals surface area contributed by atoms with Crippen molar-refractivity contribution in [1.82, 2.24) is 0 Å². The molecule has 0 amide bonds. The molecule has 0 fully saturated rings. The third kappa shape index (κ3) is 2.95. The molecule has 2 unspecified atom stereocenters. The van der Waals surface area contributed by atoms with Crippen molar-refractivity contribution >= 4 is 28.9 Å². The summed E-state index contributed by atoms with van der Waals surface area (Å²) in [5.74, 6) is 1.23. The first-order valence-corrected chi connectivity index (χ1v) is 7.62. The van der Waals surface area contributed by atoms with Gasteiger partial charge in [0.15, 0.2) is 0 Å². The van der Waals surface area contributed by atoms with Crippen LogP contribution in [0.3, 0.4) is 0 Å². The van der Waals surface area contributed by atoms with Gasteiger partial charge in [-0.25, -0.2) is 0 Å². The molecule has 1 heterocycles. The van der Waals surface area contributed by atoms with E-state index in [2.05, 4.69) is 25.2 Å². The minimum atomic E-state index is 0.549. The highest BCUT2D eigenvalue weighted by Crippen LogP contribution is 2.43. The monoisotopic (exact) mass is 285 g/mol. The molecule has 18 heavy (non-hydrogen) atoms. The first kappa shape index (κ1) is 14.0. The molecule has 0 saturated carbocycles. The molecule has 100 valence electrons. The molecule has 1 nitrogen and oxygen atoms in total. The topological polar surface area (TPSA) is 12.0 Å². The molecule has 2 atom stereocenters. The minimum absolute atomic E-state index is 0.549. The van der Waals surface area contributed by atoms with Crippen molar-refractivity contribution in [1.29, 1.82) is 0 Å². The Hall–Kier alpha value is -0.400. The second-order valence-electron chi connectivity index (χ2n) is 5.31. The Balaban J connectivity index is 2.10. The van der Waals surface area contributed by atoms with Crippen LogP contribution in [0.4, 0.5) is 5.69 Å². The Bertz CT molecular complexity index is 417. The summed E-state index contributed by atoms with van der Waals surface area (Å²) in [6.07, 6.45) is 5.21. The van der Waals surface area contributed by atoms with Gasteiger partial charge in [0.25, 0.3) is 0 Å². The Morgan fingerprint density at radius 3 is 2.83 bits per heavy atom. The molecule has 0 bridgehead atoms. The van der Waals surface area contributed by atoms with E-state index in [0.717, 1.165) is 22.3 Å². The number of hydrogen-bond acceptors (Lipinski definition) is 1. The van der Waals surface area contributed by atoms with Gasteiger partial charge in [0.05, 0.1) is 10.7 Å². The number of anilines is 1. The predicted octanol–water partition coefficient (Wildman–Crippen LogP) is 5.72. The van der Waals surface area contributed by atoms with Crippen LogP contribution in [0.5, 0.6) is 0 Å². The fourth-order valence-electron chi connectivity index (χ4n) is 2.82. The maximum Gasteiger partial charge on any atom is 0.0655 e. The lowest BCUT2D eigenvalue weighted by atomic mass is 9.85. The van der Waals surface area contributed by atoms with Gasteiger partial charge in [0.1, 0.15) is 0 Å². The van der Waals surface area contributed by atoms with Crippen molar-refractivity contribution in [3.63, 3.8) is 0 Å². The fourth-order valence-corrected chi connectivity index (χ4v) is 3.40. The largest absolute Gasteiger partial charge is 0.383 e. The predicted molar refractivity (Wildman–Crippen MR) is 81.0 cm³/mol. The number of halogens is 2. The lowest BCUT2D eigenvalue weighted by molar-refractivity contribution is 0.430. The van der Waals surface area contributed by atoms with Gasteiger partial charge in [-0.05, 0) is 23.6 Å². The molecule has 0 aliphatic carbocycles. The van der Waals surface area contributed by atoms with Gasteiger partial charge in [-0.2, -0.15) is 0 Å². The third-order valence-corrected chi connectivity index (χ3v) is 4.45. The second kappa shape index (κ2) is 6.16. The lowest BCUT2D eigenvalue weighted by Crippen LogP contribution is -2.12. The van der Waals surface area contributed by atoms with E-state index in [1.165, 1.54) is 31.2 Å². The number of benzene rings is 1. The van der Waals surface area contributed by atoms with E-state index in [9.17, 15) is 0 Å². The summed E-state index contributed by atoms with van der Waals surface area (Å²) < 4.78 is 0. The first-order chi connectivity index (χ1) is 8.63. The van der Waals surface area contributed by atoms with Gasteiger partial charge in [0.2, 0.25) is 0 Å². The Kier molecular flexibility index (Phi) is 4.80. The minimum Gasteiger partial charge on any atom is -0.383 e. The molecule has 0 radical (unpaired) electrons. The summed E-state index contributed by atoms with van der Waals surface area (Å²) in [5, 5.41) is 4.92. The smallest absolute Gasteiger partial charge is 0.0655 e. The van der Waals surface area contributed by atoms with E-state index in [0.29, 0.717) is 11.8 Å². The number of rotatable bonds is 5. The molecular weight excluding hydrogens is 265 g/mol. The van der Waals surface area contributed by atoms with Gasteiger partial charge in [-0.1, -0.05) is 62.7 Å². The highest BCUT2D eigenvalue weighted by atomic mass is 35.5. The zero-order valence-corrected chi connectivity index (χ0v) is 12.6. The van der Waals surface area contributed by atoms with Crippen molar-refractivity contribution in [3.05, 3.63) is 27.7 Å². The van der Waals surface area contributed by atoms with Crippen molar-refractivity contribution in [2.24, 2.45) is 5.92 Å². The summed E-state index contributed by atoms with van der Waals surface area (Å²) in [6, 6.07) is 3.89. The van der Waals surface area contributed by atoms with Crippen molar-refractivity contribution < 1.29 is 0 Å². The van der Waals surface area contributed by atoms with E-state index in [1.807, 2.05) is 6.07 Å². The van der Waals surface area contributed by atoms with E-state index in [4.69, 9.17) is 23.2 Å². The zero-order valence-electron chi connectivity index (χ0n) is 11.1. The summed E-state index contributed by atoms with van der Waals surface area (Å²) in [7, 11) is 0. The van der Waals surface area contributed by atoms with E-state index >= 15 is 0 Å². The molecule has 0 aromatic heterocycles. The van der Waals surface area contributed by atoms with Crippen molar-refractivity contribution in [3.8, 4) is 0 Å². The van der Waals surface area contributed by atoms with Crippen LogP contribution < -0.4 is 5.32 Å². The van der Waals surface area contributed by atoms with E-state index in [1.54, 1.807) is 0 Å². The highest BCUT2D eigenvalue weighted by molar-refractivity contribution is 6.36. The van der Waals surface area contributed by atoms with Crippen LogP contribution in [0.1, 0.15) is 51.0 Å². The Morgan fingerprint density at radius 2 is 2.11 bits per heavy atom. The molecule has 1 aromatic carbocycles. The van der Waals surface area contributed by atoms with Crippen LogP contribution >= 0.6 is 23.2 Å². The van der Waals surface area contributed by atoms with Crippen LogP contribution in [0.2, 0.25) is 10.0 Å². The quantitative estimate of drug-likeness (QED) is 0.683. The van der Waals surface area contributed by atoms with Crippen LogP contribution in [0.25, 0.3) is 0 Å². The average molecular weight is 286 g/mol. The summed E-state index contributed by atoms with van der Waals surface area (Å²) in [5.41, 5.74) is 2.39. The van der Waals surface area contributed by atoms with Crippen LogP contribution in [0, 0.1) is 5.92 Å². The van der Waals surface area contributed by atoms with Gasteiger partial charge in [-0.15, -0.1) is 0 Å². The van der Waals surface area contributed by atoms with Crippen LogP contribution in [0.15, 0.2) is 12.1 Å². The SMILES string of the molecule is CCCCCC(C)C1CNc2c(Cl)cc(Cl)cc21. The summed E-state index contributed by atoms with van der Waals surface area (Å²) >= 11 is 12.3. The zero-order chi connectivity index (χ0) is 13.1. The van der Waals surface area contributed by atoms with Gasteiger partial charge in [0, 0.05) is 17.5 Å². The maximum atomic E-state index is 6.22. The molecule has 2 rings (SSSR count). The average Bonchev–Trinajstić information content (AvgIpc) is 2.73. The Labute approximate surface area is 120 Å². The highest BCUT2D eigenvalue weighted by Gasteiger charge is 2.28. The van der Waals surface area contributed by atoms with Crippen molar-refractivity contribution in [2.75, 3.05) is 11.9 Å². The van der Waals surface area contributed by atoms with Crippen LogP contribution in [-0.2, 0) is 0 Å². The normalized spacial score (nSPS) is 19.4. The van der Waals surface area contributed by atoms with Gasteiger partial charge >= 0.3 is 0 Å². The van der Waals surface area contributed by atoms with Crippen molar-refractivity contribution in [2.45, 2.75) is 45.4 Å². The number of fused-ring (bicyclic) bond motifs is 1. The molecule has 0 saturated heterocycles. The second-order valence-corrected chi connectivity index (χ2v) is 6.16. The van der Waals surface area contributed by atoms with E-state index in [-0.39, 0.29) is 0 Å². The lowest BCUT2D eigenvalue weighted by Gasteiger charge is -2.19. The third-order valence-electron chi connectivity index (χ3n) is 3.93. The molecule has 1 aromatic rings. The molecule has 0 spiro atoms. The number of nitrogens with one attached hydrogen (secondary N) is 1. The number of hydrogen-bond donors (Lipinski definition) is 1. The molecule has 3 heteroatoms. The van der Waals surface area contributed by atoms with Gasteiger partial charge in [-0.3, -0.25) is 0 Å². The first-order valence-electron chi connectivity index (χ1n) is 6.86. The standard InChI is InChI=1S/C15H21Cl2N/c1-3-4-5-6-10(2)13-9-18-15-12(13)7-11(16)8-14(15)17/h7-8,10,13,18H,3-6,9H2,1-2H3. The Morgan fingerprint density at radius 1 is 1.33 bits per heavy atom.